The van der Waals surface area contributed by atoms with Crippen LogP contribution in [0.3, 0.4) is 0 Å². The van der Waals surface area contributed by atoms with Crippen molar-refractivity contribution < 1.29 is 9.53 Å². The van der Waals surface area contributed by atoms with Gasteiger partial charge in [0.2, 0.25) is 0 Å². The van der Waals surface area contributed by atoms with Crippen molar-refractivity contribution in [2.75, 3.05) is 38.7 Å². The zero-order valence-corrected chi connectivity index (χ0v) is 13.0. The van der Waals surface area contributed by atoms with Gasteiger partial charge in [0.15, 0.2) is 0 Å². The third kappa shape index (κ3) is 5.21. The van der Waals surface area contributed by atoms with Crippen LogP contribution in [0.25, 0.3) is 0 Å². The number of amides is 1. The molecule has 0 spiro atoms. The van der Waals surface area contributed by atoms with Gasteiger partial charge < -0.3 is 15.0 Å². The highest BCUT2D eigenvalue weighted by atomic mass is 35.5. The molecule has 0 unspecified atom stereocenters. The Morgan fingerprint density at radius 2 is 2.29 bits per heavy atom. The van der Waals surface area contributed by atoms with E-state index in [9.17, 15) is 4.79 Å². The summed E-state index contributed by atoms with van der Waals surface area (Å²) in [6, 6.07) is 5.38. The molecule has 1 N–H and O–H groups in total. The number of nitrogens with zero attached hydrogens (tertiary/aromatic N) is 3. The van der Waals surface area contributed by atoms with Gasteiger partial charge in [-0.1, -0.05) is 11.6 Å². The van der Waals surface area contributed by atoms with Crippen LogP contribution >= 0.6 is 11.6 Å². The third-order valence-corrected chi connectivity index (χ3v) is 3.06. The molecule has 0 aliphatic rings. The van der Waals surface area contributed by atoms with Gasteiger partial charge in [-0.3, -0.25) is 4.79 Å². The van der Waals surface area contributed by atoms with Gasteiger partial charge in [-0.2, -0.15) is 5.26 Å². The van der Waals surface area contributed by atoms with Gasteiger partial charge >= 0.3 is 0 Å². The largest absolute Gasteiger partial charge is 0.383 e. The number of hydrogen-bond acceptors (Lipinski definition) is 5. The fraction of sp³-hybridized carbons (Fsp3) is 0.500. The molecule has 0 saturated carbocycles. The van der Waals surface area contributed by atoms with Gasteiger partial charge in [0.1, 0.15) is 11.5 Å². The number of anilines is 1. The first kappa shape index (κ1) is 17.2. The topological polar surface area (TPSA) is 78.2 Å². The fourth-order valence-electron chi connectivity index (χ4n) is 1.72. The Labute approximate surface area is 129 Å². The van der Waals surface area contributed by atoms with Crippen LogP contribution in [0, 0.1) is 11.3 Å². The number of aromatic nitrogens is 1. The normalized spacial score (nSPS) is 10.0. The Morgan fingerprint density at radius 3 is 2.90 bits per heavy atom. The van der Waals surface area contributed by atoms with E-state index in [0.717, 1.165) is 0 Å². The average molecular weight is 311 g/mol. The molecule has 0 aliphatic heterocycles. The summed E-state index contributed by atoms with van der Waals surface area (Å²) in [5.41, 5.74) is 0.184. The van der Waals surface area contributed by atoms with Crippen molar-refractivity contribution in [1.82, 2.24) is 9.88 Å². The maximum Gasteiger partial charge on any atom is 0.274 e. The van der Waals surface area contributed by atoms with Gasteiger partial charge in [0.05, 0.1) is 24.1 Å². The van der Waals surface area contributed by atoms with Crippen molar-refractivity contribution in [1.29, 1.82) is 5.26 Å². The van der Waals surface area contributed by atoms with Crippen molar-refractivity contribution >= 4 is 23.3 Å². The van der Waals surface area contributed by atoms with Crippen LogP contribution in [-0.2, 0) is 4.74 Å². The summed E-state index contributed by atoms with van der Waals surface area (Å²) in [7, 11) is 1.56. The zero-order chi connectivity index (χ0) is 15.7. The van der Waals surface area contributed by atoms with E-state index in [1.165, 1.54) is 4.90 Å². The Bertz CT molecular complexity index is 516. The monoisotopic (exact) mass is 310 g/mol. The molecule has 1 amide bonds. The number of hydrogen-bond donors (Lipinski definition) is 1. The van der Waals surface area contributed by atoms with Crippen molar-refractivity contribution in [2.24, 2.45) is 0 Å². The number of rotatable bonds is 8. The predicted molar refractivity (Wildman–Crippen MR) is 81.4 cm³/mol. The first-order valence-electron chi connectivity index (χ1n) is 6.69. The molecular formula is C14H19ClN4O2. The Hall–Kier alpha value is -1.84. The minimum Gasteiger partial charge on any atom is -0.383 e. The molecule has 6 nitrogen and oxygen atoms in total. The SMILES string of the molecule is CCNc1ccc(Cl)c(C(=O)N(CCC#N)CCOC)n1. The van der Waals surface area contributed by atoms with E-state index in [1.807, 2.05) is 13.0 Å². The van der Waals surface area contributed by atoms with Crippen molar-refractivity contribution in [3.63, 3.8) is 0 Å². The number of halogens is 1. The molecule has 1 aromatic rings. The molecule has 7 heteroatoms. The molecular weight excluding hydrogens is 292 g/mol. The molecule has 0 bridgehead atoms. The summed E-state index contributed by atoms with van der Waals surface area (Å²) in [6.45, 7) is 3.74. The second kappa shape index (κ2) is 9.16. The third-order valence-electron chi connectivity index (χ3n) is 2.75. The predicted octanol–water partition coefficient (Wildman–Crippen LogP) is 2.17. The van der Waals surface area contributed by atoms with Gasteiger partial charge in [0, 0.05) is 26.7 Å². The number of ether oxygens (including phenoxy) is 1. The molecule has 114 valence electrons. The second-order valence-electron chi connectivity index (χ2n) is 4.25. The van der Waals surface area contributed by atoms with Crippen LogP contribution in [0.5, 0.6) is 0 Å². The summed E-state index contributed by atoms with van der Waals surface area (Å²) in [6.07, 6.45) is 0.250. The van der Waals surface area contributed by atoms with E-state index < -0.39 is 0 Å². The van der Waals surface area contributed by atoms with E-state index in [-0.39, 0.29) is 18.0 Å². The quantitative estimate of drug-likeness (QED) is 0.796. The molecule has 0 saturated heterocycles. The summed E-state index contributed by atoms with van der Waals surface area (Å²) < 4.78 is 4.99. The number of methoxy groups -OCH3 is 1. The fourth-order valence-corrected chi connectivity index (χ4v) is 1.91. The van der Waals surface area contributed by atoms with Crippen molar-refractivity contribution in [2.45, 2.75) is 13.3 Å². The van der Waals surface area contributed by atoms with Gasteiger partial charge in [-0.05, 0) is 19.1 Å². The lowest BCUT2D eigenvalue weighted by atomic mass is 10.2. The maximum atomic E-state index is 12.5. The van der Waals surface area contributed by atoms with Crippen LogP contribution in [0.15, 0.2) is 12.1 Å². The summed E-state index contributed by atoms with van der Waals surface area (Å²) in [5, 5.41) is 12.0. The minimum absolute atomic E-state index is 0.184. The highest BCUT2D eigenvalue weighted by Crippen LogP contribution is 2.18. The van der Waals surface area contributed by atoms with E-state index in [2.05, 4.69) is 10.3 Å². The second-order valence-corrected chi connectivity index (χ2v) is 4.66. The summed E-state index contributed by atoms with van der Waals surface area (Å²) in [5.74, 6) is 0.296. The van der Waals surface area contributed by atoms with Gasteiger partial charge in [-0.25, -0.2) is 4.98 Å². The number of nitriles is 1. The first-order valence-corrected chi connectivity index (χ1v) is 7.07. The Morgan fingerprint density at radius 1 is 1.52 bits per heavy atom. The molecule has 0 fully saturated rings. The molecule has 21 heavy (non-hydrogen) atoms. The van der Waals surface area contributed by atoms with Crippen LogP contribution < -0.4 is 5.32 Å². The molecule has 0 radical (unpaired) electrons. The molecule has 1 aromatic heterocycles. The number of nitrogens with one attached hydrogen (secondary N) is 1. The van der Waals surface area contributed by atoms with E-state index in [0.29, 0.717) is 37.1 Å². The van der Waals surface area contributed by atoms with Crippen LogP contribution in [0.2, 0.25) is 5.02 Å². The minimum atomic E-state index is -0.299. The average Bonchev–Trinajstić information content (AvgIpc) is 2.49. The standard InChI is InChI=1S/C14H19ClN4O2/c1-3-17-12-6-5-11(15)13(18-12)14(20)19(8-4-7-16)9-10-21-2/h5-6H,3-4,8-10H2,1-2H3,(H,17,18). The Kier molecular flexibility index (Phi) is 7.51. The highest BCUT2D eigenvalue weighted by molar-refractivity contribution is 6.33. The highest BCUT2D eigenvalue weighted by Gasteiger charge is 2.20. The van der Waals surface area contributed by atoms with Crippen LogP contribution in [0.4, 0.5) is 5.82 Å². The van der Waals surface area contributed by atoms with E-state index in [4.69, 9.17) is 21.6 Å². The molecule has 1 rings (SSSR count). The van der Waals surface area contributed by atoms with Crippen LogP contribution in [0.1, 0.15) is 23.8 Å². The molecule has 0 aliphatic carbocycles. The van der Waals surface area contributed by atoms with E-state index >= 15 is 0 Å². The summed E-state index contributed by atoms with van der Waals surface area (Å²) >= 11 is 6.07. The number of pyridine rings is 1. The Balaban J connectivity index is 2.95. The smallest absolute Gasteiger partial charge is 0.274 e. The molecule has 0 aromatic carbocycles. The van der Waals surface area contributed by atoms with E-state index in [1.54, 1.807) is 19.2 Å². The number of carbonyl (C=O) groups excluding carboxylic acids is 1. The lowest BCUT2D eigenvalue weighted by Crippen LogP contribution is -2.35. The lowest BCUT2D eigenvalue weighted by Gasteiger charge is -2.21. The van der Waals surface area contributed by atoms with Crippen molar-refractivity contribution in [3.05, 3.63) is 22.8 Å². The molecule has 1 heterocycles. The van der Waals surface area contributed by atoms with Gasteiger partial charge in [-0.15, -0.1) is 0 Å². The van der Waals surface area contributed by atoms with Gasteiger partial charge in [0.25, 0.3) is 5.91 Å². The van der Waals surface area contributed by atoms with Crippen molar-refractivity contribution in [3.8, 4) is 6.07 Å². The maximum absolute atomic E-state index is 12.5. The lowest BCUT2D eigenvalue weighted by molar-refractivity contribution is 0.0694. The van der Waals surface area contributed by atoms with Crippen LogP contribution in [-0.4, -0.2) is 49.1 Å². The number of carbonyl (C=O) groups is 1. The summed E-state index contributed by atoms with van der Waals surface area (Å²) in [4.78, 5) is 18.3. The first-order chi connectivity index (χ1) is 10.1. The zero-order valence-electron chi connectivity index (χ0n) is 12.2. The molecule has 0 atom stereocenters.